The number of ether oxygens (including phenoxy) is 2. The van der Waals surface area contributed by atoms with Gasteiger partial charge in [-0.25, -0.2) is 4.79 Å². The molecule has 0 unspecified atom stereocenters. The van der Waals surface area contributed by atoms with E-state index in [1.54, 1.807) is 48.5 Å². The first-order valence-corrected chi connectivity index (χ1v) is 7.66. The summed E-state index contributed by atoms with van der Waals surface area (Å²) in [5.41, 5.74) is 1.12. The highest BCUT2D eigenvalue weighted by Gasteiger charge is 2.27. The van der Waals surface area contributed by atoms with Crippen LogP contribution in [-0.4, -0.2) is 37.5 Å². The molecule has 3 rings (SSSR count). The molecule has 0 spiro atoms. The van der Waals surface area contributed by atoms with Crippen molar-refractivity contribution in [3.05, 3.63) is 54.6 Å². The largest absolute Gasteiger partial charge is 0.482 e. The molecule has 0 radical (unpaired) electrons. The van der Waals surface area contributed by atoms with Crippen molar-refractivity contribution < 1.29 is 23.9 Å². The van der Waals surface area contributed by atoms with Gasteiger partial charge in [-0.3, -0.25) is 14.5 Å². The Balaban J connectivity index is 1.54. The van der Waals surface area contributed by atoms with Crippen LogP contribution in [0.5, 0.6) is 5.75 Å². The molecular formula is C18H16N2O5. The van der Waals surface area contributed by atoms with E-state index in [1.165, 1.54) is 4.90 Å². The number of amides is 2. The van der Waals surface area contributed by atoms with Gasteiger partial charge in [0, 0.05) is 0 Å². The van der Waals surface area contributed by atoms with Gasteiger partial charge in [0.05, 0.1) is 11.4 Å². The second-order valence-corrected chi connectivity index (χ2v) is 5.31. The molecule has 2 amide bonds. The van der Waals surface area contributed by atoms with E-state index >= 15 is 0 Å². The molecule has 25 heavy (non-hydrogen) atoms. The lowest BCUT2D eigenvalue weighted by atomic mass is 10.2. The Morgan fingerprint density at radius 3 is 2.52 bits per heavy atom. The van der Waals surface area contributed by atoms with E-state index in [1.807, 2.05) is 6.07 Å². The van der Waals surface area contributed by atoms with Gasteiger partial charge in [-0.1, -0.05) is 30.3 Å². The maximum atomic E-state index is 12.3. The smallest absolute Gasteiger partial charge is 0.344 e. The molecule has 1 heterocycles. The van der Waals surface area contributed by atoms with E-state index < -0.39 is 18.5 Å². The Morgan fingerprint density at radius 2 is 1.72 bits per heavy atom. The Morgan fingerprint density at radius 1 is 1.00 bits per heavy atom. The van der Waals surface area contributed by atoms with E-state index in [-0.39, 0.29) is 19.1 Å². The van der Waals surface area contributed by atoms with Gasteiger partial charge < -0.3 is 14.8 Å². The predicted molar refractivity (Wildman–Crippen MR) is 90.3 cm³/mol. The summed E-state index contributed by atoms with van der Waals surface area (Å²) in [6, 6.07) is 15.7. The number of fused-ring (bicyclic) bond motifs is 1. The minimum atomic E-state index is -0.660. The molecule has 0 aliphatic carbocycles. The molecular weight excluding hydrogens is 324 g/mol. The van der Waals surface area contributed by atoms with Gasteiger partial charge in [-0.15, -0.1) is 0 Å². The first-order valence-electron chi connectivity index (χ1n) is 7.66. The molecule has 128 valence electrons. The van der Waals surface area contributed by atoms with Crippen LogP contribution in [0.3, 0.4) is 0 Å². The normalized spacial score (nSPS) is 12.8. The van der Waals surface area contributed by atoms with Crippen LogP contribution in [0.1, 0.15) is 0 Å². The zero-order valence-electron chi connectivity index (χ0n) is 13.3. The van der Waals surface area contributed by atoms with Crippen LogP contribution in [0.2, 0.25) is 0 Å². The number of carbonyl (C=O) groups is 3. The maximum Gasteiger partial charge on any atom is 0.344 e. The van der Waals surface area contributed by atoms with E-state index in [2.05, 4.69) is 5.32 Å². The second kappa shape index (κ2) is 7.48. The molecule has 0 saturated carbocycles. The maximum absolute atomic E-state index is 12.3. The van der Waals surface area contributed by atoms with Gasteiger partial charge in [0.2, 0.25) is 5.91 Å². The molecule has 7 nitrogen and oxygen atoms in total. The summed E-state index contributed by atoms with van der Waals surface area (Å²) in [6.07, 6.45) is 0. The van der Waals surface area contributed by atoms with Gasteiger partial charge in [0.1, 0.15) is 12.3 Å². The fourth-order valence-corrected chi connectivity index (χ4v) is 2.38. The summed E-state index contributed by atoms with van der Waals surface area (Å²) in [4.78, 5) is 37.0. The van der Waals surface area contributed by atoms with E-state index in [4.69, 9.17) is 9.47 Å². The Hall–Kier alpha value is -3.35. The standard InChI is InChI=1S/C18H16N2O5/c21-16-10-20(15-9-5-4-8-14(15)19-16)17(22)11-25-18(23)12-24-13-6-2-1-3-7-13/h1-9H,10-12H2,(H,19,21). The van der Waals surface area contributed by atoms with Crippen molar-refractivity contribution in [2.75, 3.05) is 30.0 Å². The quantitative estimate of drug-likeness (QED) is 0.836. The van der Waals surface area contributed by atoms with E-state index in [9.17, 15) is 14.4 Å². The Kier molecular flexibility index (Phi) is 4.94. The molecule has 0 aromatic heterocycles. The van der Waals surface area contributed by atoms with Crippen molar-refractivity contribution in [3.8, 4) is 5.75 Å². The van der Waals surface area contributed by atoms with Gasteiger partial charge in [-0.2, -0.15) is 0 Å². The van der Waals surface area contributed by atoms with Crippen LogP contribution >= 0.6 is 0 Å². The average Bonchev–Trinajstić information content (AvgIpc) is 2.64. The highest BCUT2D eigenvalue weighted by atomic mass is 16.6. The number of hydrogen-bond acceptors (Lipinski definition) is 5. The second-order valence-electron chi connectivity index (χ2n) is 5.31. The Bertz CT molecular complexity index is 791. The van der Waals surface area contributed by atoms with Crippen molar-refractivity contribution in [2.24, 2.45) is 0 Å². The van der Waals surface area contributed by atoms with Crippen LogP contribution in [0.4, 0.5) is 11.4 Å². The highest BCUT2D eigenvalue weighted by Crippen LogP contribution is 2.28. The number of hydrogen-bond donors (Lipinski definition) is 1. The van der Waals surface area contributed by atoms with Crippen molar-refractivity contribution in [1.29, 1.82) is 0 Å². The average molecular weight is 340 g/mol. The van der Waals surface area contributed by atoms with Crippen molar-refractivity contribution in [3.63, 3.8) is 0 Å². The van der Waals surface area contributed by atoms with Crippen molar-refractivity contribution in [2.45, 2.75) is 0 Å². The van der Waals surface area contributed by atoms with Crippen molar-refractivity contribution in [1.82, 2.24) is 0 Å². The van der Waals surface area contributed by atoms with E-state index in [0.717, 1.165) is 0 Å². The molecule has 0 bridgehead atoms. The Labute approximate surface area is 144 Å². The number of para-hydroxylation sites is 3. The molecule has 1 aliphatic heterocycles. The number of carbonyl (C=O) groups excluding carboxylic acids is 3. The lowest BCUT2D eigenvalue weighted by Gasteiger charge is -2.28. The summed E-state index contributed by atoms with van der Waals surface area (Å²) >= 11 is 0. The van der Waals surface area contributed by atoms with Crippen LogP contribution in [-0.2, 0) is 19.1 Å². The van der Waals surface area contributed by atoms with Crippen LogP contribution in [0.25, 0.3) is 0 Å². The summed E-state index contributed by atoms with van der Waals surface area (Å²) < 4.78 is 10.2. The monoisotopic (exact) mass is 340 g/mol. The van der Waals surface area contributed by atoms with Crippen LogP contribution in [0.15, 0.2) is 54.6 Å². The van der Waals surface area contributed by atoms with Crippen LogP contribution < -0.4 is 15.0 Å². The third-order valence-electron chi connectivity index (χ3n) is 3.53. The fraction of sp³-hybridized carbons (Fsp3) is 0.167. The van der Waals surface area contributed by atoms with E-state index in [0.29, 0.717) is 17.1 Å². The SMILES string of the molecule is O=C1CN(C(=O)COC(=O)COc2ccccc2)c2ccccc2N1. The molecule has 0 fully saturated rings. The zero-order chi connectivity index (χ0) is 17.6. The van der Waals surface area contributed by atoms with Crippen LogP contribution in [0, 0.1) is 0 Å². The highest BCUT2D eigenvalue weighted by molar-refractivity contribution is 6.10. The van der Waals surface area contributed by atoms with Crippen molar-refractivity contribution >= 4 is 29.2 Å². The lowest BCUT2D eigenvalue weighted by molar-refractivity contribution is -0.149. The molecule has 2 aromatic carbocycles. The molecule has 2 aromatic rings. The molecule has 0 saturated heterocycles. The van der Waals surface area contributed by atoms with Gasteiger partial charge in [-0.05, 0) is 24.3 Å². The van der Waals surface area contributed by atoms with Gasteiger partial charge in [0.15, 0.2) is 13.2 Å². The van der Waals surface area contributed by atoms with Gasteiger partial charge >= 0.3 is 5.97 Å². The summed E-state index contributed by atoms with van der Waals surface area (Å²) in [7, 11) is 0. The number of nitrogens with one attached hydrogen (secondary N) is 1. The fourth-order valence-electron chi connectivity index (χ4n) is 2.38. The molecule has 1 N–H and O–H groups in total. The number of rotatable bonds is 5. The third kappa shape index (κ3) is 4.14. The third-order valence-corrected chi connectivity index (χ3v) is 3.53. The topological polar surface area (TPSA) is 84.9 Å². The number of anilines is 2. The zero-order valence-corrected chi connectivity index (χ0v) is 13.3. The minimum Gasteiger partial charge on any atom is -0.482 e. The van der Waals surface area contributed by atoms with Gasteiger partial charge in [0.25, 0.3) is 5.91 Å². The number of benzene rings is 2. The summed E-state index contributed by atoms with van der Waals surface area (Å²) in [5, 5.41) is 2.69. The first kappa shape index (κ1) is 16.5. The first-order chi connectivity index (χ1) is 12.1. The number of nitrogens with zero attached hydrogens (tertiary/aromatic N) is 1. The summed E-state index contributed by atoms with van der Waals surface area (Å²) in [6.45, 7) is -0.874. The molecule has 1 aliphatic rings. The number of esters is 1. The molecule has 0 atom stereocenters. The summed E-state index contributed by atoms with van der Waals surface area (Å²) in [5.74, 6) is -0.902. The minimum absolute atomic E-state index is 0.117. The lowest BCUT2D eigenvalue weighted by Crippen LogP contribution is -2.44. The predicted octanol–water partition coefficient (Wildman–Crippen LogP) is 1.59. The molecule has 7 heteroatoms.